The standard InChI is InChI=1S/C29H29NO5/c1-5-19-6-11-22(12-7-19)30-26(20-8-13-23(31)14-9-20)25(28(33)29(30)34)27(32)21-10-15-24(18(4)16-21)35-17(2)3/h6-17,26,31-32H,5H2,1-4H3/b27-25-. The Kier molecular flexibility index (Phi) is 6.65. The highest BCUT2D eigenvalue weighted by Gasteiger charge is 2.47. The number of phenols is 1. The number of hydrogen-bond donors (Lipinski definition) is 2. The van der Waals surface area contributed by atoms with E-state index in [0.717, 1.165) is 17.5 Å². The topological polar surface area (TPSA) is 87.1 Å². The van der Waals surface area contributed by atoms with Crippen LogP contribution in [-0.4, -0.2) is 28.0 Å². The maximum Gasteiger partial charge on any atom is 0.300 e. The number of anilines is 1. The van der Waals surface area contributed by atoms with E-state index in [1.807, 2.05) is 39.8 Å². The van der Waals surface area contributed by atoms with E-state index < -0.39 is 17.7 Å². The van der Waals surface area contributed by atoms with Crippen molar-refractivity contribution in [3.8, 4) is 11.5 Å². The van der Waals surface area contributed by atoms with Gasteiger partial charge in [0.05, 0.1) is 17.7 Å². The zero-order chi connectivity index (χ0) is 25.3. The van der Waals surface area contributed by atoms with Gasteiger partial charge in [0.1, 0.15) is 17.3 Å². The zero-order valence-electron chi connectivity index (χ0n) is 20.3. The molecule has 0 saturated carbocycles. The van der Waals surface area contributed by atoms with Crippen LogP contribution < -0.4 is 9.64 Å². The van der Waals surface area contributed by atoms with Crippen LogP contribution in [0, 0.1) is 6.92 Å². The van der Waals surface area contributed by atoms with Crippen LogP contribution in [0.2, 0.25) is 0 Å². The highest BCUT2D eigenvalue weighted by atomic mass is 16.5. The third-order valence-corrected chi connectivity index (χ3v) is 6.09. The third kappa shape index (κ3) is 4.64. The number of hydrogen-bond acceptors (Lipinski definition) is 5. The van der Waals surface area contributed by atoms with Crippen molar-refractivity contribution in [1.29, 1.82) is 0 Å². The predicted molar refractivity (Wildman–Crippen MR) is 136 cm³/mol. The molecule has 4 rings (SSSR count). The monoisotopic (exact) mass is 471 g/mol. The molecule has 0 bridgehead atoms. The fourth-order valence-corrected chi connectivity index (χ4v) is 4.30. The van der Waals surface area contributed by atoms with Crippen LogP contribution in [0.15, 0.2) is 72.3 Å². The molecule has 3 aromatic carbocycles. The van der Waals surface area contributed by atoms with Crippen LogP contribution in [0.5, 0.6) is 11.5 Å². The van der Waals surface area contributed by atoms with Crippen LogP contribution in [0.4, 0.5) is 5.69 Å². The number of aliphatic hydroxyl groups is 1. The molecule has 1 aliphatic heterocycles. The Morgan fingerprint density at radius 2 is 1.66 bits per heavy atom. The SMILES string of the molecule is CCc1ccc(N2C(=O)C(=O)/C(=C(\O)c3ccc(OC(C)C)c(C)c3)C2c2ccc(O)cc2)cc1. The highest BCUT2D eigenvalue weighted by molar-refractivity contribution is 6.51. The number of ketones is 1. The fraction of sp³-hybridized carbons (Fsp3) is 0.241. The first-order chi connectivity index (χ1) is 16.7. The van der Waals surface area contributed by atoms with Crippen LogP contribution >= 0.6 is 0 Å². The van der Waals surface area contributed by atoms with E-state index in [-0.39, 0.29) is 23.2 Å². The second-order valence-electron chi connectivity index (χ2n) is 8.93. The molecule has 0 aromatic heterocycles. The lowest BCUT2D eigenvalue weighted by atomic mass is 9.94. The summed E-state index contributed by atoms with van der Waals surface area (Å²) in [7, 11) is 0. The number of aryl methyl sites for hydroxylation is 2. The van der Waals surface area contributed by atoms with Crippen LogP contribution in [0.1, 0.15) is 49.1 Å². The second kappa shape index (κ2) is 9.66. The van der Waals surface area contributed by atoms with Crippen molar-refractivity contribution in [2.45, 2.75) is 46.3 Å². The molecular weight excluding hydrogens is 442 g/mol. The molecule has 1 fully saturated rings. The molecule has 2 N–H and O–H groups in total. The lowest BCUT2D eigenvalue weighted by Crippen LogP contribution is -2.29. The van der Waals surface area contributed by atoms with Crippen molar-refractivity contribution >= 4 is 23.1 Å². The quantitative estimate of drug-likeness (QED) is 0.275. The van der Waals surface area contributed by atoms with Gasteiger partial charge in [0, 0.05) is 11.3 Å². The first-order valence-corrected chi connectivity index (χ1v) is 11.7. The Balaban J connectivity index is 1.87. The Morgan fingerprint density at radius 3 is 2.23 bits per heavy atom. The summed E-state index contributed by atoms with van der Waals surface area (Å²) in [6, 6.07) is 18.1. The number of phenolic OH excluding ortho intramolecular Hbond substituents is 1. The van der Waals surface area contributed by atoms with E-state index in [1.54, 1.807) is 42.5 Å². The molecule has 35 heavy (non-hydrogen) atoms. The van der Waals surface area contributed by atoms with Gasteiger partial charge in [0.25, 0.3) is 11.7 Å². The minimum absolute atomic E-state index is 0.00261. The summed E-state index contributed by atoms with van der Waals surface area (Å²) in [4.78, 5) is 28.0. The number of aliphatic hydroxyl groups excluding tert-OH is 1. The number of amides is 1. The number of nitrogens with zero attached hydrogens (tertiary/aromatic N) is 1. The summed E-state index contributed by atoms with van der Waals surface area (Å²) in [5, 5.41) is 21.1. The Morgan fingerprint density at radius 1 is 1.00 bits per heavy atom. The number of rotatable bonds is 6. The van der Waals surface area contributed by atoms with E-state index >= 15 is 0 Å². The molecule has 1 saturated heterocycles. The van der Waals surface area contributed by atoms with E-state index in [2.05, 4.69) is 0 Å². The Hall–Kier alpha value is -4.06. The van der Waals surface area contributed by atoms with E-state index in [9.17, 15) is 19.8 Å². The zero-order valence-corrected chi connectivity index (χ0v) is 20.3. The van der Waals surface area contributed by atoms with Gasteiger partial charge in [0.15, 0.2) is 0 Å². The lowest BCUT2D eigenvalue weighted by molar-refractivity contribution is -0.132. The maximum absolute atomic E-state index is 13.3. The van der Waals surface area contributed by atoms with Crippen LogP contribution in [0.25, 0.3) is 5.76 Å². The first kappa shape index (κ1) is 24.1. The number of carbonyl (C=O) groups excluding carboxylic acids is 2. The van der Waals surface area contributed by atoms with E-state index in [1.165, 1.54) is 17.0 Å². The fourth-order valence-electron chi connectivity index (χ4n) is 4.30. The predicted octanol–water partition coefficient (Wildman–Crippen LogP) is 5.68. The van der Waals surface area contributed by atoms with Gasteiger partial charge in [-0.1, -0.05) is 31.2 Å². The molecule has 1 heterocycles. The van der Waals surface area contributed by atoms with Crippen molar-refractivity contribution < 1.29 is 24.5 Å². The minimum Gasteiger partial charge on any atom is -0.508 e. The summed E-state index contributed by atoms with van der Waals surface area (Å²) >= 11 is 0. The Labute approximate surface area is 205 Å². The number of aromatic hydroxyl groups is 1. The molecule has 6 nitrogen and oxygen atoms in total. The van der Waals surface area contributed by atoms with Crippen molar-refractivity contribution in [2.75, 3.05) is 4.90 Å². The van der Waals surface area contributed by atoms with E-state index in [0.29, 0.717) is 22.6 Å². The molecule has 6 heteroatoms. The number of benzene rings is 3. The van der Waals surface area contributed by atoms with Gasteiger partial charge in [-0.05, 0) is 86.3 Å². The van der Waals surface area contributed by atoms with Gasteiger partial charge in [-0.15, -0.1) is 0 Å². The Bertz CT molecular complexity index is 1290. The second-order valence-corrected chi connectivity index (χ2v) is 8.93. The van der Waals surface area contributed by atoms with E-state index in [4.69, 9.17) is 4.74 Å². The number of carbonyl (C=O) groups is 2. The molecule has 180 valence electrons. The average Bonchev–Trinajstić information content (AvgIpc) is 3.10. The van der Waals surface area contributed by atoms with Gasteiger partial charge in [0.2, 0.25) is 0 Å². The molecule has 0 radical (unpaired) electrons. The van der Waals surface area contributed by atoms with Gasteiger partial charge in [-0.3, -0.25) is 14.5 Å². The first-order valence-electron chi connectivity index (χ1n) is 11.7. The molecule has 0 spiro atoms. The summed E-state index contributed by atoms with van der Waals surface area (Å²) in [6.07, 6.45) is 0.836. The molecule has 3 aromatic rings. The molecule has 0 aliphatic carbocycles. The van der Waals surface area contributed by atoms with Crippen LogP contribution in [-0.2, 0) is 16.0 Å². The van der Waals surface area contributed by atoms with Crippen molar-refractivity contribution in [1.82, 2.24) is 0 Å². The maximum atomic E-state index is 13.3. The van der Waals surface area contributed by atoms with Gasteiger partial charge in [-0.2, -0.15) is 0 Å². The minimum atomic E-state index is -0.852. The lowest BCUT2D eigenvalue weighted by Gasteiger charge is -2.25. The summed E-state index contributed by atoms with van der Waals surface area (Å²) in [5.74, 6) is -0.989. The normalized spacial score (nSPS) is 17.3. The van der Waals surface area contributed by atoms with Gasteiger partial charge < -0.3 is 14.9 Å². The van der Waals surface area contributed by atoms with Crippen molar-refractivity contribution in [3.63, 3.8) is 0 Å². The van der Waals surface area contributed by atoms with Gasteiger partial charge >= 0.3 is 0 Å². The van der Waals surface area contributed by atoms with Crippen LogP contribution in [0.3, 0.4) is 0 Å². The third-order valence-electron chi connectivity index (χ3n) is 6.09. The van der Waals surface area contributed by atoms with Gasteiger partial charge in [-0.25, -0.2) is 0 Å². The molecular formula is C29H29NO5. The summed E-state index contributed by atoms with van der Waals surface area (Å²) in [5.41, 5.74) is 3.47. The van der Waals surface area contributed by atoms with Crippen molar-refractivity contribution in [2.24, 2.45) is 0 Å². The smallest absolute Gasteiger partial charge is 0.300 e. The summed E-state index contributed by atoms with van der Waals surface area (Å²) < 4.78 is 5.79. The molecule has 1 atom stereocenters. The number of ether oxygens (including phenoxy) is 1. The average molecular weight is 472 g/mol. The highest BCUT2D eigenvalue weighted by Crippen LogP contribution is 2.42. The number of Topliss-reactive ketones (excluding diaryl/α,β-unsaturated/α-hetero) is 1. The summed E-state index contributed by atoms with van der Waals surface area (Å²) in [6.45, 7) is 7.76. The molecule has 1 amide bonds. The molecule has 1 aliphatic rings. The largest absolute Gasteiger partial charge is 0.508 e. The molecule has 1 unspecified atom stereocenters. The van der Waals surface area contributed by atoms with Crippen molar-refractivity contribution in [3.05, 3.63) is 94.6 Å².